The number of aliphatic imine (C=N–C) groups is 1. The van der Waals surface area contributed by atoms with Crippen LogP contribution < -0.4 is 9.80 Å². The van der Waals surface area contributed by atoms with Crippen molar-refractivity contribution in [3.8, 4) is 0 Å². The maximum atomic E-state index is 12.9. The minimum Gasteiger partial charge on any atom is -0.378 e. The molecule has 0 atom stereocenters. The third-order valence-corrected chi connectivity index (χ3v) is 7.43. The number of morpholine rings is 2. The first-order valence-electron chi connectivity index (χ1n) is 11.7. The van der Waals surface area contributed by atoms with E-state index in [1.54, 1.807) is 11.9 Å². The zero-order valence-corrected chi connectivity index (χ0v) is 20.5. The minimum absolute atomic E-state index is 0.0228. The molecular formula is C26H30N4O3S. The van der Waals surface area contributed by atoms with Crippen LogP contribution in [-0.4, -0.2) is 75.6 Å². The average Bonchev–Trinajstić information content (AvgIpc) is 3.14. The first-order chi connectivity index (χ1) is 16.6. The van der Waals surface area contributed by atoms with E-state index in [2.05, 4.69) is 47.1 Å². The molecule has 8 heteroatoms. The lowest BCUT2D eigenvalue weighted by Gasteiger charge is -2.29. The van der Waals surface area contributed by atoms with Crippen molar-refractivity contribution < 1.29 is 14.3 Å². The van der Waals surface area contributed by atoms with Crippen molar-refractivity contribution in [1.82, 2.24) is 4.90 Å². The Bertz CT molecular complexity index is 1100. The lowest BCUT2D eigenvalue weighted by molar-refractivity contribution is -0.121. The van der Waals surface area contributed by atoms with Gasteiger partial charge in [0.2, 0.25) is 0 Å². The molecule has 2 aromatic carbocycles. The van der Waals surface area contributed by atoms with Gasteiger partial charge in [0.15, 0.2) is 5.17 Å². The number of hydrogen-bond acceptors (Lipinski definition) is 7. The fraction of sp³-hybridized carbons (Fsp3) is 0.385. The standard InChI is InChI=1S/C26H30N4O3S/c1-19-17-23(30-11-15-33-16-12-30)6-3-20(19)18-24-25(31)28(2)26(34-24)27-21-4-7-22(8-5-21)29-9-13-32-14-10-29/h3-8,17-18H,9-16H2,1-2H3/b24-18+,27-26?. The summed E-state index contributed by atoms with van der Waals surface area (Å²) >= 11 is 1.42. The van der Waals surface area contributed by atoms with Crippen LogP contribution in [0.3, 0.4) is 0 Å². The second-order valence-corrected chi connectivity index (χ2v) is 9.63. The second kappa shape index (κ2) is 10.2. The van der Waals surface area contributed by atoms with Gasteiger partial charge < -0.3 is 19.3 Å². The largest absolute Gasteiger partial charge is 0.378 e. The summed E-state index contributed by atoms with van der Waals surface area (Å²) in [5.41, 5.74) is 5.42. The number of anilines is 2. The van der Waals surface area contributed by atoms with Crippen LogP contribution in [0, 0.1) is 6.92 Å². The Hall–Kier alpha value is -2.81. The number of likely N-dealkylation sites (N-methyl/N-ethyl adjacent to an activating group) is 1. The highest BCUT2D eigenvalue weighted by Gasteiger charge is 2.30. The predicted octanol–water partition coefficient (Wildman–Crippen LogP) is 3.90. The van der Waals surface area contributed by atoms with Crippen molar-refractivity contribution in [2.24, 2.45) is 4.99 Å². The van der Waals surface area contributed by atoms with Crippen LogP contribution in [0.1, 0.15) is 11.1 Å². The Kier molecular flexibility index (Phi) is 6.89. The van der Waals surface area contributed by atoms with E-state index in [0.29, 0.717) is 10.1 Å². The summed E-state index contributed by atoms with van der Waals surface area (Å²) in [6, 6.07) is 14.6. The lowest BCUT2D eigenvalue weighted by Crippen LogP contribution is -2.36. The Labute approximate surface area is 205 Å². The molecule has 0 unspecified atom stereocenters. The highest BCUT2D eigenvalue weighted by molar-refractivity contribution is 8.18. The summed E-state index contributed by atoms with van der Waals surface area (Å²) in [4.78, 5) is 24.6. The predicted molar refractivity (Wildman–Crippen MR) is 139 cm³/mol. The van der Waals surface area contributed by atoms with Crippen LogP contribution in [0.5, 0.6) is 0 Å². The number of hydrogen-bond donors (Lipinski definition) is 0. The van der Waals surface area contributed by atoms with E-state index in [-0.39, 0.29) is 5.91 Å². The van der Waals surface area contributed by atoms with Crippen LogP contribution in [0.15, 0.2) is 52.4 Å². The molecule has 3 saturated heterocycles. The fourth-order valence-electron chi connectivity index (χ4n) is 4.30. The van der Waals surface area contributed by atoms with Crippen LogP contribution in [0.25, 0.3) is 6.08 Å². The van der Waals surface area contributed by atoms with Crippen molar-refractivity contribution in [3.63, 3.8) is 0 Å². The first kappa shape index (κ1) is 23.0. The first-order valence-corrected chi connectivity index (χ1v) is 12.5. The monoisotopic (exact) mass is 478 g/mol. The number of nitrogens with zero attached hydrogens (tertiary/aromatic N) is 4. The molecule has 0 N–H and O–H groups in total. The van der Waals surface area contributed by atoms with E-state index in [0.717, 1.165) is 69.4 Å². The van der Waals surface area contributed by atoms with Gasteiger partial charge in [-0.1, -0.05) is 6.07 Å². The Morgan fingerprint density at radius 3 is 2.09 bits per heavy atom. The molecule has 0 radical (unpaired) electrons. The number of ether oxygens (including phenoxy) is 2. The quantitative estimate of drug-likeness (QED) is 0.622. The van der Waals surface area contributed by atoms with E-state index in [9.17, 15) is 4.79 Å². The van der Waals surface area contributed by atoms with Gasteiger partial charge in [0.05, 0.1) is 37.0 Å². The maximum Gasteiger partial charge on any atom is 0.266 e. The summed E-state index contributed by atoms with van der Waals surface area (Å²) in [6.07, 6.45) is 1.98. The number of carbonyl (C=O) groups is 1. The molecular weight excluding hydrogens is 448 g/mol. The Morgan fingerprint density at radius 2 is 1.47 bits per heavy atom. The summed E-state index contributed by atoms with van der Waals surface area (Å²) in [5.74, 6) is -0.0228. The molecule has 178 valence electrons. The van der Waals surface area contributed by atoms with Gasteiger partial charge in [0.1, 0.15) is 0 Å². The molecule has 0 aliphatic carbocycles. The summed E-state index contributed by atoms with van der Waals surface area (Å²) in [7, 11) is 1.78. The van der Waals surface area contributed by atoms with Gasteiger partial charge in [-0.2, -0.15) is 0 Å². The number of carbonyl (C=O) groups excluding carboxylic acids is 1. The van der Waals surface area contributed by atoms with Gasteiger partial charge >= 0.3 is 0 Å². The van der Waals surface area contributed by atoms with E-state index < -0.39 is 0 Å². The normalized spacial score (nSPS) is 21.7. The maximum absolute atomic E-state index is 12.9. The van der Waals surface area contributed by atoms with Crippen LogP contribution in [-0.2, 0) is 14.3 Å². The summed E-state index contributed by atoms with van der Waals surface area (Å²) in [6.45, 7) is 8.77. The number of thioether (sulfide) groups is 1. The van der Waals surface area contributed by atoms with Crippen molar-refractivity contribution >= 4 is 46.0 Å². The van der Waals surface area contributed by atoms with Crippen molar-refractivity contribution in [2.45, 2.75) is 6.92 Å². The molecule has 0 saturated carbocycles. The molecule has 7 nitrogen and oxygen atoms in total. The summed E-state index contributed by atoms with van der Waals surface area (Å²) < 4.78 is 10.9. The third-order valence-electron chi connectivity index (χ3n) is 6.37. The average molecular weight is 479 g/mol. The van der Waals surface area contributed by atoms with Crippen molar-refractivity contribution in [2.75, 3.05) is 69.5 Å². The van der Waals surface area contributed by atoms with Gasteiger partial charge in [0, 0.05) is 44.6 Å². The zero-order valence-electron chi connectivity index (χ0n) is 19.7. The van der Waals surface area contributed by atoms with Gasteiger partial charge in [-0.05, 0) is 72.3 Å². The van der Waals surface area contributed by atoms with Crippen molar-refractivity contribution in [3.05, 3.63) is 58.5 Å². The second-order valence-electron chi connectivity index (χ2n) is 8.63. The van der Waals surface area contributed by atoms with Crippen LogP contribution >= 0.6 is 11.8 Å². The molecule has 3 fully saturated rings. The van der Waals surface area contributed by atoms with Crippen LogP contribution in [0.4, 0.5) is 17.1 Å². The molecule has 3 heterocycles. The van der Waals surface area contributed by atoms with E-state index in [1.165, 1.54) is 23.1 Å². The van der Waals surface area contributed by atoms with E-state index >= 15 is 0 Å². The molecule has 1 amide bonds. The van der Waals surface area contributed by atoms with Crippen LogP contribution in [0.2, 0.25) is 0 Å². The SMILES string of the molecule is Cc1cc(N2CCOCC2)ccc1/C=C1/SC(=Nc2ccc(N3CCOCC3)cc2)N(C)C1=O. The summed E-state index contributed by atoms with van der Waals surface area (Å²) in [5, 5.41) is 0.693. The fourth-order valence-corrected chi connectivity index (χ4v) is 5.28. The van der Waals surface area contributed by atoms with Gasteiger partial charge in [-0.3, -0.25) is 9.69 Å². The molecule has 0 aromatic heterocycles. The third kappa shape index (κ3) is 4.99. The zero-order chi connectivity index (χ0) is 23.5. The van der Waals surface area contributed by atoms with Crippen molar-refractivity contribution in [1.29, 1.82) is 0 Å². The molecule has 3 aliphatic rings. The molecule has 34 heavy (non-hydrogen) atoms. The Balaban J connectivity index is 1.31. The molecule has 2 aromatic rings. The smallest absolute Gasteiger partial charge is 0.266 e. The number of amidine groups is 1. The molecule has 5 rings (SSSR count). The lowest BCUT2D eigenvalue weighted by atomic mass is 10.1. The van der Waals surface area contributed by atoms with Gasteiger partial charge in [0.25, 0.3) is 5.91 Å². The Morgan fingerprint density at radius 1 is 0.882 bits per heavy atom. The molecule has 3 aliphatic heterocycles. The number of rotatable bonds is 4. The highest BCUT2D eigenvalue weighted by atomic mass is 32.2. The van der Waals surface area contributed by atoms with E-state index in [1.807, 2.05) is 18.2 Å². The molecule has 0 bridgehead atoms. The number of aryl methyl sites for hydroxylation is 1. The van der Waals surface area contributed by atoms with Gasteiger partial charge in [-0.15, -0.1) is 0 Å². The van der Waals surface area contributed by atoms with Gasteiger partial charge in [-0.25, -0.2) is 4.99 Å². The topological polar surface area (TPSA) is 57.6 Å². The highest BCUT2D eigenvalue weighted by Crippen LogP contribution is 2.34. The minimum atomic E-state index is -0.0228. The molecule has 0 spiro atoms. The number of benzene rings is 2. The van der Waals surface area contributed by atoms with E-state index in [4.69, 9.17) is 14.5 Å². The number of amides is 1.